The molecule has 2 fully saturated rings. The number of hydrogen-bond acceptors (Lipinski definition) is 3. The van der Waals surface area contributed by atoms with Crippen LogP contribution in [0.1, 0.15) is 32.1 Å². The lowest BCUT2D eigenvalue weighted by atomic mass is 9.80. The van der Waals surface area contributed by atoms with E-state index in [-0.39, 0.29) is 5.54 Å². The van der Waals surface area contributed by atoms with Crippen LogP contribution in [-0.4, -0.2) is 48.3 Å². The van der Waals surface area contributed by atoms with Crippen molar-refractivity contribution in [2.24, 2.45) is 0 Å². The maximum Gasteiger partial charge on any atom is 0.0615 e. The molecule has 2 aliphatic rings. The van der Waals surface area contributed by atoms with Crippen LogP contribution in [0.2, 0.25) is 0 Å². The fourth-order valence-electron chi connectivity index (χ4n) is 2.92. The number of nitrogens with zero attached hydrogens (tertiary/aromatic N) is 1. The van der Waals surface area contributed by atoms with Gasteiger partial charge in [-0.15, -0.1) is 0 Å². The van der Waals surface area contributed by atoms with E-state index in [0.717, 1.165) is 26.2 Å². The zero-order chi connectivity index (χ0) is 9.86. The molecule has 0 spiro atoms. The molecule has 0 bridgehead atoms. The predicted octanol–water partition coefficient (Wildman–Crippen LogP) is 0.587. The molecule has 1 saturated heterocycles. The van der Waals surface area contributed by atoms with Crippen molar-refractivity contribution in [1.82, 2.24) is 10.2 Å². The largest absolute Gasteiger partial charge is 0.394 e. The van der Waals surface area contributed by atoms with Crippen LogP contribution < -0.4 is 5.32 Å². The second kappa shape index (κ2) is 4.60. The van der Waals surface area contributed by atoms with Crippen LogP contribution in [0.5, 0.6) is 0 Å². The molecule has 2 rings (SSSR count). The standard InChI is InChI=1S/C11H22N2O/c14-10-11(4-2-1-3-5-11)13-8-6-12-7-9-13/h12,14H,1-10H2. The van der Waals surface area contributed by atoms with Crippen LogP contribution in [0.3, 0.4) is 0 Å². The average Bonchev–Trinajstić information content (AvgIpc) is 2.31. The summed E-state index contributed by atoms with van der Waals surface area (Å²) >= 11 is 0. The minimum Gasteiger partial charge on any atom is -0.394 e. The lowest BCUT2D eigenvalue weighted by Gasteiger charge is -2.47. The molecule has 82 valence electrons. The summed E-state index contributed by atoms with van der Waals surface area (Å²) in [7, 11) is 0. The molecule has 1 saturated carbocycles. The summed E-state index contributed by atoms with van der Waals surface area (Å²) in [5.74, 6) is 0. The Morgan fingerprint density at radius 2 is 1.71 bits per heavy atom. The second-order valence-corrected chi connectivity index (χ2v) is 4.68. The maximum absolute atomic E-state index is 9.63. The Kier molecular flexibility index (Phi) is 3.42. The fourth-order valence-corrected chi connectivity index (χ4v) is 2.92. The summed E-state index contributed by atoms with van der Waals surface area (Å²) in [6, 6.07) is 0. The van der Waals surface area contributed by atoms with Gasteiger partial charge in [0.15, 0.2) is 0 Å². The van der Waals surface area contributed by atoms with Crippen LogP contribution in [-0.2, 0) is 0 Å². The lowest BCUT2D eigenvalue weighted by Crippen LogP contribution is -2.58. The zero-order valence-corrected chi connectivity index (χ0v) is 8.97. The molecule has 0 aromatic carbocycles. The average molecular weight is 198 g/mol. The summed E-state index contributed by atoms with van der Waals surface area (Å²) in [6.07, 6.45) is 6.34. The fraction of sp³-hybridized carbons (Fsp3) is 1.00. The molecular weight excluding hydrogens is 176 g/mol. The third-order valence-electron chi connectivity index (χ3n) is 3.87. The molecule has 3 nitrogen and oxygen atoms in total. The molecule has 1 heterocycles. The van der Waals surface area contributed by atoms with Crippen LogP contribution >= 0.6 is 0 Å². The number of nitrogens with one attached hydrogen (secondary N) is 1. The summed E-state index contributed by atoms with van der Waals surface area (Å²) in [5.41, 5.74) is 0.139. The second-order valence-electron chi connectivity index (χ2n) is 4.68. The highest BCUT2D eigenvalue weighted by Gasteiger charge is 2.37. The first-order chi connectivity index (χ1) is 6.87. The predicted molar refractivity (Wildman–Crippen MR) is 57.3 cm³/mol. The molecule has 0 aromatic rings. The molecule has 0 atom stereocenters. The van der Waals surface area contributed by atoms with Gasteiger partial charge in [-0.2, -0.15) is 0 Å². The monoisotopic (exact) mass is 198 g/mol. The van der Waals surface area contributed by atoms with Gasteiger partial charge in [-0.3, -0.25) is 4.90 Å². The Balaban J connectivity index is 2.01. The Hall–Kier alpha value is -0.120. The van der Waals surface area contributed by atoms with E-state index in [1.54, 1.807) is 0 Å². The van der Waals surface area contributed by atoms with Crippen molar-refractivity contribution in [2.45, 2.75) is 37.6 Å². The van der Waals surface area contributed by atoms with Gasteiger partial charge < -0.3 is 10.4 Å². The van der Waals surface area contributed by atoms with Crippen LogP contribution in [0.15, 0.2) is 0 Å². The van der Waals surface area contributed by atoms with Crippen molar-refractivity contribution in [3.05, 3.63) is 0 Å². The Bertz CT molecular complexity index is 172. The third kappa shape index (κ3) is 1.95. The molecule has 2 N–H and O–H groups in total. The minimum atomic E-state index is 0.139. The van der Waals surface area contributed by atoms with Gasteiger partial charge in [0.05, 0.1) is 6.61 Å². The van der Waals surface area contributed by atoms with Gasteiger partial charge in [-0.1, -0.05) is 19.3 Å². The van der Waals surface area contributed by atoms with E-state index in [2.05, 4.69) is 10.2 Å². The number of aliphatic hydroxyl groups is 1. The van der Waals surface area contributed by atoms with Gasteiger partial charge in [0.25, 0.3) is 0 Å². The normalized spacial score (nSPS) is 28.9. The smallest absolute Gasteiger partial charge is 0.0615 e. The first-order valence-electron chi connectivity index (χ1n) is 5.94. The Morgan fingerprint density at radius 3 is 2.29 bits per heavy atom. The van der Waals surface area contributed by atoms with Crippen molar-refractivity contribution in [3.63, 3.8) is 0 Å². The van der Waals surface area contributed by atoms with Gasteiger partial charge in [0.2, 0.25) is 0 Å². The topological polar surface area (TPSA) is 35.5 Å². The van der Waals surface area contributed by atoms with Crippen LogP contribution in [0.25, 0.3) is 0 Å². The van der Waals surface area contributed by atoms with E-state index in [0.29, 0.717) is 6.61 Å². The Labute approximate surface area is 86.5 Å². The minimum absolute atomic E-state index is 0.139. The molecule has 3 heteroatoms. The molecule has 0 amide bonds. The maximum atomic E-state index is 9.63. The van der Waals surface area contributed by atoms with E-state index in [4.69, 9.17) is 0 Å². The molecule has 1 aliphatic heterocycles. The lowest BCUT2D eigenvalue weighted by molar-refractivity contribution is -0.00624. The molecule has 0 unspecified atom stereocenters. The highest BCUT2D eigenvalue weighted by Crippen LogP contribution is 2.33. The van der Waals surface area contributed by atoms with E-state index in [1.165, 1.54) is 32.1 Å². The van der Waals surface area contributed by atoms with E-state index in [9.17, 15) is 5.11 Å². The molecular formula is C11H22N2O. The summed E-state index contributed by atoms with van der Waals surface area (Å²) in [6.45, 7) is 4.75. The zero-order valence-electron chi connectivity index (χ0n) is 8.97. The summed E-state index contributed by atoms with van der Waals surface area (Å²) in [4.78, 5) is 2.52. The van der Waals surface area contributed by atoms with Crippen LogP contribution in [0, 0.1) is 0 Å². The molecule has 0 aromatic heterocycles. The van der Waals surface area contributed by atoms with Crippen molar-refractivity contribution in [1.29, 1.82) is 0 Å². The van der Waals surface area contributed by atoms with Crippen molar-refractivity contribution in [2.75, 3.05) is 32.8 Å². The highest BCUT2D eigenvalue weighted by molar-refractivity contribution is 4.94. The van der Waals surface area contributed by atoms with E-state index in [1.807, 2.05) is 0 Å². The highest BCUT2D eigenvalue weighted by atomic mass is 16.3. The van der Waals surface area contributed by atoms with E-state index < -0.39 is 0 Å². The number of rotatable bonds is 2. The van der Waals surface area contributed by atoms with Gasteiger partial charge in [-0.25, -0.2) is 0 Å². The van der Waals surface area contributed by atoms with Gasteiger partial charge in [-0.05, 0) is 12.8 Å². The van der Waals surface area contributed by atoms with Gasteiger partial charge in [0.1, 0.15) is 0 Å². The van der Waals surface area contributed by atoms with Crippen molar-refractivity contribution < 1.29 is 5.11 Å². The number of hydrogen-bond donors (Lipinski definition) is 2. The molecule has 0 radical (unpaired) electrons. The van der Waals surface area contributed by atoms with Crippen molar-refractivity contribution >= 4 is 0 Å². The summed E-state index contributed by atoms with van der Waals surface area (Å²) < 4.78 is 0. The third-order valence-corrected chi connectivity index (χ3v) is 3.87. The molecule has 14 heavy (non-hydrogen) atoms. The van der Waals surface area contributed by atoms with Gasteiger partial charge in [0, 0.05) is 31.7 Å². The number of piperazine rings is 1. The van der Waals surface area contributed by atoms with Crippen molar-refractivity contribution in [3.8, 4) is 0 Å². The van der Waals surface area contributed by atoms with Gasteiger partial charge >= 0.3 is 0 Å². The summed E-state index contributed by atoms with van der Waals surface area (Å²) in [5, 5.41) is 13.0. The SMILES string of the molecule is OCC1(N2CCNCC2)CCCCC1. The first kappa shape index (κ1) is 10.4. The molecule has 1 aliphatic carbocycles. The van der Waals surface area contributed by atoms with Crippen LogP contribution in [0.4, 0.5) is 0 Å². The Morgan fingerprint density at radius 1 is 1.07 bits per heavy atom. The van der Waals surface area contributed by atoms with E-state index >= 15 is 0 Å². The first-order valence-corrected chi connectivity index (χ1v) is 5.94. The number of aliphatic hydroxyl groups excluding tert-OH is 1. The quantitative estimate of drug-likeness (QED) is 0.681.